The molecule has 2 nitrogen and oxygen atoms in total. The van der Waals surface area contributed by atoms with Gasteiger partial charge in [-0.15, -0.1) is 0 Å². The van der Waals surface area contributed by atoms with Crippen LogP contribution in [0, 0.1) is 23.4 Å². The maximum Gasteiger partial charge on any atom is 0.165 e. The van der Waals surface area contributed by atoms with Gasteiger partial charge in [-0.1, -0.05) is 42.5 Å². The molecular weight excluding hydrogens is 437 g/mol. The highest BCUT2D eigenvalue weighted by Gasteiger charge is 2.26. The molecule has 0 amide bonds. The van der Waals surface area contributed by atoms with Gasteiger partial charge in [0, 0.05) is 6.61 Å². The van der Waals surface area contributed by atoms with Crippen LogP contribution in [0.3, 0.4) is 0 Å². The van der Waals surface area contributed by atoms with E-state index in [0.29, 0.717) is 30.6 Å². The monoisotopic (exact) mass is 468 g/mol. The van der Waals surface area contributed by atoms with Crippen molar-refractivity contribution in [3.63, 3.8) is 0 Å². The number of hydrogen-bond acceptors (Lipinski definition) is 2. The first-order valence-electron chi connectivity index (χ1n) is 12.1. The molecule has 1 aliphatic carbocycles. The Bertz CT molecular complexity index is 1100. The minimum atomic E-state index is -0.747. The average molecular weight is 469 g/mol. The molecule has 0 unspecified atom stereocenters. The van der Waals surface area contributed by atoms with Crippen LogP contribution < -0.4 is 4.74 Å². The maximum atomic E-state index is 14.8. The van der Waals surface area contributed by atoms with Crippen LogP contribution in [0.25, 0.3) is 11.1 Å². The van der Waals surface area contributed by atoms with E-state index in [1.165, 1.54) is 6.07 Å². The summed E-state index contributed by atoms with van der Waals surface area (Å²) in [4.78, 5) is 0. The van der Waals surface area contributed by atoms with Crippen molar-refractivity contribution in [1.29, 1.82) is 0 Å². The summed E-state index contributed by atoms with van der Waals surface area (Å²) in [6, 6.07) is 16.0. The number of benzene rings is 3. The van der Waals surface area contributed by atoms with Crippen LogP contribution in [0.5, 0.6) is 5.75 Å². The molecule has 1 fully saturated rings. The van der Waals surface area contributed by atoms with E-state index in [0.717, 1.165) is 42.4 Å². The van der Waals surface area contributed by atoms with Crippen LogP contribution in [-0.4, -0.2) is 18.3 Å². The van der Waals surface area contributed by atoms with Crippen molar-refractivity contribution in [1.82, 2.24) is 0 Å². The third-order valence-corrected chi connectivity index (χ3v) is 6.94. The molecule has 1 N–H and O–H groups in total. The lowest BCUT2D eigenvalue weighted by Gasteiger charge is -2.28. The molecule has 0 heterocycles. The Morgan fingerprint density at radius 1 is 0.824 bits per heavy atom. The summed E-state index contributed by atoms with van der Waals surface area (Å²) in [6.07, 6.45) is 4.25. The summed E-state index contributed by atoms with van der Waals surface area (Å²) >= 11 is 0. The van der Waals surface area contributed by atoms with E-state index >= 15 is 0 Å². The van der Waals surface area contributed by atoms with Crippen LogP contribution >= 0.6 is 0 Å². The maximum absolute atomic E-state index is 14.8. The lowest BCUT2D eigenvalue weighted by Crippen LogP contribution is -2.17. The summed E-state index contributed by atoms with van der Waals surface area (Å²) in [7, 11) is 0. The van der Waals surface area contributed by atoms with Gasteiger partial charge in [0.25, 0.3) is 0 Å². The topological polar surface area (TPSA) is 29.5 Å². The Hall–Kier alpha value is -2.79. The number of halogens is 3. The molecule has 5 heteroatoms. The van der Waals surface area contributed by atoms with E-state index in [1.807, 2.05) is 37.3 Å². The fraction of sp³-hybridized carbons (Fsp3) is 0.379. The number of aryl methyl sites for hydroxylation is 2. The lowest BCUT2D eigenvalue weighted by atomic mass is 9.78. The fourth-order valence-electron chi connectivity index (χ4n) is 4.86. The molecule has 0 bridgehead atoms. The highest BCUT2D eigenvalue weighted by molar-refractivity contribution is 5.64. The summed E-state index contributed by atoms with van der Waals surface area (Å²) < 4.78 is 49.1. The van der Waals surface area contributed by atoms with Crippen molar-refractivity contribution in [3.05, 3.63) is 88.7 Å². The largest absolute Gasteiger partial charge is 0.491 e. The van der Waals surface area contributed by atoms with E-state index in [4.69, 9.17) is 4.74 Å². The normalized spacial score (nSPS) is 18.1. The number of aliphatic hydroxyl groups excluding tert-OH is 1. The summed E-state index contributed by atoms with van der Waals surface area (Å²) in [5, 5.41) is 9.29. The lowest BCUT2D eigenvalue weighted by molar-refractivity contribution is 0.181. The Morgan fingerprint density at radius 3 is 2.18 bits per heavy atom. The molecule has 180 valence electrons. The minimum absolute atomic E-state index is 0.0198. The van der Waals surface area contributed by atoms with E-state index < -0.39 is 17.5 Å². The zero-order valence-corrected chi connectivity index (χ0v) is 19.5. The molecule has 1 aliphatic rings. The quantitative estimate of drug-likeness (QED) is 0.378. The summed E-state index contributed by atoms with van der Waals surface area (Å²) in [6.45, 7) is 2.38. The first-order valence-corrected chi connectivity index (χ1v) is 12.1. The second kappa shape index (κ2) is 11.1. The highest BCUT2D eigenvalue weighted by atomic mass is 19.2. The van der Waals surface area contributed by atoms with Gasteiger partial charge in [0.2, 0.25) is 0 Å². The van der Waals surface area contributed by atoms with E-state index in [2.05, 4.69) is 0 Å². The van der Waals surface area contributed by atoms with Crippen molar-refractivity contribution in [2.24, 2.45) is 5.92 Å². The van der Waals surface area contributed by atoms with Crippen molar-refractivity contribution in [2.45, 2.75) is 51.4 Å². The van der Waals surface area contributed by atoms with Gasteiger partial charge in [-0.05, 0) is 97.2 Å². The third kappa shape index (κ3) is 5.47. The smallest absolute Gasteiger partial charge is 0.165 e. The average Bonchev–Trinajstić information content (AvgIpc) is 2.87. The molecule has 0 radical (unpaired) electrons. The second-order valence-corrected chi connectivity index (χ2v) is 9.12. The van der Waals surface area contributed by atoms with Crippen molar-refractivity contribution >= 4 is 0 Å². The Labute approximate surface area is 199 Å². The van der Waals surface area contributed by atoms with Gasteiger partial charge in [0.05, 0.1) is 6.61 Å². The van der Waals surface area contributed by atoms with Gasteiger partial charge in [-0.25, -0.2) is 13.2 Å². The molecule has 3 aromatic carbocycles. The van der Waals surface area contributed by atoms with Gasteiger partial charge < -0.3 is 9.84 Å². The van der Waals surface area contributed by atoms with Crippen LogP contribution in [0.4, 0.5) is 13.2 Å². The Morgan fingerprint density at radius 2 is 1.53 bits per heavy atom. The van der Waals surface area contributed by atoms with E-state index in [9.17, 15) is 18.3 Å². The molecule has 1 saturated carbocycles. The molecule has 0 aromatic heterocycles. The highest BCUT2D eigenvalue weighted by Crippen LogP contribution is 2.37. The van der Waals surface area contributed by atoms with Gasteiger partial charge >= 0.3 is 0 Å². The van der Waals surface area contributed by atoms with E-state index in [-0.39, 0.29) is 24.2 Å². The summed E-state index contributed by atoms with van der Waals surface area (Å²) in [5.74, 6) is -1.33. The fourth-order valence-corrected chi connectivity index (χ4v) is 4.86. The number of hydrogen-bond donors (Lipinski definition) is 1. The molecule has 34 heavy (non-hydrogen) atoms. The number of aliphatic hydroxyl groups is 1. The van der Waals surface area contributed by atoms with Gasteiger partial charge in [0.1, 0.15) is 0 Å². The standard InChI is InChI=1S/C29H31F3O2/c1-2-34-27-16-14-24(17-26(27)30)21-8-3-19(4-9-21)5-12-23-13-15-25(29(32)28(23)31)22-10-6-20(18-33)7-11-22/h3-4,8-9,13-17,20,22,33H,2,5-7,10-12,18H2,1H3. The van der Waals surface area contributed by atoms with Gasteiger partial charge in [-0.3, -0.25) is 0 Å². The van der Waals surface area contributed by atoms with Crippen molar-refractivity contribution in [2.75, 3.05) is 13.2 Å². The second-order valence-electron chi connectivity index (χ2n) is 9.12. The Kier molecular flexibility index (Phi) is 7.94. The van der Waals surface area contributed by atoms with Crippen molar-refractivity contribution in [3.8, 4) is 16.9 Å². The number of ether oxygens (including phenoxy) is 1. The number of rotatable bonds is 8. The van der Waals surface area contributed by atoms with Crippen molar-refractivity contribution < 1.29 is 23.0 Å². The predicted molar refractivity (Wildman–Crippen MR) is 129 cm³/mol. The molecule has 0 saturated heterocycles. The Balaban J connectivity index is 1.40. The van der Waals surface area contributed by atoms with E-state index in [1.54, 1.807) is 18.2 Å². The first-order chi connectivity index (χ1) is 16.5. The van der Waals surface area contributed by atoms with Gasteiger partial charge in [0.15, 0.2) is 23.2 Å². The molecule has 0 atom stereocenters. The van der Waals surface area contributed by atoms with Gasteiger partial charge in [-0.2, -0.15) is 0 Å². The SMILES string of the molecule is CCOc1ccc(-c2ccc(CCc3ccc(C4CCC(CO)CC4)c(F)c3F)cc2)cc1F. The molecule has 4 rings (SSSR count). The molecular formula is C29H31F3O2. The third-order valence-electron chi connectivity index (χ3n) is 6.94. The van der Waals surface area contributed by atoms with Crippen LogP contribution in [0.1, 0.15) is 55.2 Å². The molecule has 0 spiro atoms. The zero-order chi connectivity index (χ0) is 24.1. The minimum Gasteiger partial charge on any atom is -0.491 e. The zero-order valence-electron chi connectivity index (χ0n) is 19.5. The van der Waals surface area contributed by atoms with Crippen LogP contribution in [-0.2, 0) is 12.8 Å². The summed E-state index contributed by atoms with van der Waals surface area (Å²) in [5.41, 5.74) is 3.47. The molecule has 3 aromatic rings. The first kappa shape index (κ1) is 24.3. The van der Waals surface area contributed by atoms with Crippen LogP contribution in [0.2, 0.25) is 0 Å². The predicted octanol–water partition coefficient (Wildman–Crippen LogP) is 7.22. The van der Waals surface area contributed by atoms with Crippen LogP contribution in [0.15, 0.2) is 54.6 Å². The molecule has 0 aliphatic heterocycles.